The molecule has 114 valence electrons. The van der Waals surface area contributed by atoms with Crippen molar-refractivity contribution in [2.75, 3.05) is 42.9 Å². The molecular formula is C18H27N3. The van der Waals surface area contributed by atoms with Gasteiger partial charge >= 0.3 is 0 Å². The predicted octanol–water partition coefficient (Wildman–Crippen LogP) is 3.18. The molecule has 1 N–H and O–H groups in total. The van der Waals surface area contributed by atoms with Crippen LogP contribution in [0, 0.1) is 5.92 Å². The van der Waals surface area contributed by atoms with Crippen molar-refractivity contribution in [2.45, 2.75) is 38.1 Å². The third-order valence-electron chi connectivity index (χ3n) is 5.57. The van der Waals surface area contributed by atoms with E-state index in [1.54, 1.807) is 0 Å². The Bertz CT molecular complexity index is 464. The Balaban J connectivity index is 1.39. The summed E-state index contributed by atoms with van der Waals surface area (Å²) in [6.07, 6.45) is 6.78. The summed E-state index contributed by atoms with van der Waals surface area (Å²) in [5.41, 5.74) is 2.71. The lowest BCUT2D eigenvalue weighted by molar-refractivity contribution is 0.255. The van der Waals surface area contributed by atoms with Crippen molar-refractivity contribution in [2.24, 2.45) is 5.92 Å². The third kappa shape index (κ3) is 2.89. The van der Waals surface area contributed by atoms with Crippen LogP contribution in [0.1, 0.15) is 32.1 Å². The monoisotopic (exact) mass is 285 g/mol. The minimum absolute atomic E-state index is 0.685. The number of benzene rings is 1. The van der Waals surface area contributed by atoms with Crippen LogP contribution in [0.4, 0.5) is 11.4 Å². The second-order valence-corrected chi connectivity index (χ2v) is 6.98. The van der Waals surface area contributed by atoms with E-state index in [-0.39, 0.29) is 0 Å². The molecule has 4 rings (SSSR count). The van der Waals surface area contributed by atoms with E-state index in [9.17, 15) is 0 Å². The molecule has 0 radical (unpaired) electrons. The van der Waals surface area contributed by atoms with Crippen LogP contribution in [-0.2, 0) is 0 Å². The molecule has 0 saturated carbocycles. The van der Waals surface area contributed by atoms with Crippen molar-refractivity contribution in [3.63, 3.8) is 0 Å². The van der Waals surface area contributed by atoms with Gasteiger partial charge in [-0.05, 0) is 68.8 Å². The molecule has 2 bridgehead atoms. The van der Waals surface area contributed by atoms with Gasteiger partial charge in [0.1, 0.15) is 0 Å². The molecule has 1 aromatic carbocycles. The molecule has 3 saturated heterocycles. The summed E-state index contributed by atoms with van der Waals surface area (Å²) >= 11 is 0. The minimum atomic E-state index is 0.685. The van der Waals surface area contributed by atoms with Gasteiger partial charge in [0.25, 0.3) is 0 Å². The molecule has 0 amide bonds. The van der Waals surface area contributed by atoms with E-state index < -0.39 is 0 Å². The molecule has 1 aromatic rings. The van der Waals surface area contributed by atoms with Crippen LogP contribution in [0.5, 0.6) is 0 Å². The largest absolute Gasteiger partial charge is 0.382 e. The van der Waals surface area contributed by atoms with Gasteiger partial charge in [0.05, 0.1) is 0 Å². The van der Waals surface area contributed by atoms with Crippen LogP contribution in [-0.4, -0.2) is 43.7 Å². The Morgan fingerprint density at radius 1 is 0.857 bits per heavy atom. The zero-order valence-electron chi connectivity index (χ0n) is 12.9. The molecule has 3 heteroatoms. The van der Waals surface area contributed by atoms with Gasteiger partial charge in [0.15, 0.2) is 0 Å². The minimum Gasteiger partial charge on any atom is -0.382 e. The molecule has 3 atom stereocenters. The van der Waals surface area contributed by atoms with E-state index in [0.29, 0.717) is 6.04 Å². The van der Waals surface area contributed by atoms with Crippen LogP contribution in [0.3, 0.4) is 0 Å². The summed E-state index contributed by atoms with van der Waals surface area (Å²) in [7, 11) is 0. The highest BCUT2D eigenvalue weighted by atomic mass is 15.2. The Morgan fingerprint density at radius 2 is 1.62 bits per heavy atom. The lowest BCUT2D eigenvalue weighted by Crippen LogP contribution is -2.39. The van der Waals surface area contributed by atoms with Crippen molar-refractivity contribution >= 4 is 11.4 Å². The number of rotatable bonds is 3. The molecule has 21 heavy (non-hydrogen) atoms. The average molecular weight is 285 g/mol. The Labute approximate surface area is 128 Å². The second kappa shape index (κ2) is 5.88. The number of fused-ring (bicyclic) bond motifs is 2. The number of hydrogen-bond donors (Lipinski definition) is 1. The zero-order valence-corrected chi connectivity index (χ0v) is 12.9. The maximum Gasteiger partial charge on any atom is 0.0367 e. The van der Waals surface area contributed by atoms with Crippen molar-refractivity contribution in [1.82, 2.24) is 4.90 Å². The fourth-order valence-corrected chi connectivity index (χ4v) is 4.28. The maximum absolute atomic E-state index is 3.79. The fraction of sp³-hybridized carbons (Fsp3) is 0.667. The summed E-state index contributed by atoms with van der Waals surface area (Å²) in [6.45, 7) is 6.36. The molecule has 0 spiro atoms. The quantitative estimate of drug-likeness (QED) is 0.920. The summed E-state index contributed by atoms with van der Waals surface area (Å²) in [6, 6.07) is 9.86. The number of hydrogen-bond acceptors (Lipinski definition) is 3. The molecule has 3 aliphatic heterocycles. The normalized spacial score (nSPS) is 32.2. The highest BCUT2D eigenvalue weighted by molar-refractivity contribution is 5.55. The summed E-state index contributed by atoms with van der Waals surface area (Å²) in [5.74, 6) is 0.862. The fourth-order valence-electron chi connectivity index (χ4n) is 4.28. The molecule has 3 nitrogen and oxygen atoms in total. The molecule has 3 heterocycles. The first kappa shape index (κ1) is 13.4. The summed E-state index contributed by atoms with van der Waals surface area (Å²) < 4.78 is 0. The average Bonchev–Trinajstić information content (AvgIpc) is 2.94. The third-order valence-corrected chi connectivity index (χ3v) is 5.57. The Morgan fingerprint density at radius 3 is 2.43 bits per heavy atom. The first-order valence-corrected chi connectivity index (χ1v) is 8.72. The smallest absolute Gasteiger partial charge is 0.0367 e. The van der Waals surface area contributed by atoms with E-state index in [4.69, 9.17) is 0 Å². The highest BCUT2D eigenvalue weighted by Crippen LogP contribution is 2.30. The molecule has 3 aliphatic rings. The topological polar surface area (TPSA) is 18.5 Å². The van der Waals surface area contributed by atoms with E-state index in [0.717, 1.165) is 5.92 Å². The standard InChI is InChI=1S/C18H27N3/c1-2-10-21(11-3-1)17-6-4-16(5-7-17)19-18-9-13-20-12-8-15(18)14-20/h4-7,15,18-19H,1-3,8-14H2. The van der Waals surface area contributed by atoms with E-state index in [1.807, 2.05) is 0 Å². The van der Waals surface area contributed by atoms with Crippen molar-refractivity contribution in [3.05, 3.63) is 24.3 Å². The van der Waals surface area contributed by atoms with Gasteiger partial charge in [-0.1, -0.05) is 0 Å². The van der Waals surface area contributed by atoms with Gasteiger partial charge in [-0.25, -0.2) is 0 Å². The Kier molecular flexibility index (Phi) is 3.76. The lowest BCUT2D eigenvalue weighted by Gasteiger charge is -2.32. The van der Waals surface area contributed by atoms with E-state index in [2.05, 4.69) is 39.4 Å². The van der Waals surface area contributed by atoms with Gasteiger partial charge in [-0.2, -0.15) is 0 Å². The Hall–Kier alpha value is -1.22. The van der Waals surface area contributed by atoms with Crippen molar-refractivity contribution in [3.8, 4) is 0 Å². The van der Waals surface area contributed by atoms with E-state index in [1.165, 1.54) is 76.2 Å². The molecule has 0 aliphatic carbocycles. The zero-order chi connectivity index (χ0) is 14.1. The van der Waals surface area contributed by atoms with Crippen LogP contribution in [0.2, 0.25) is 0 Å². The highest BCUT2D eigenvalue weighted by Gasteiger charge is 2.33. The molecule has 3 fully saturated rings. The number of anilines is 2. The predicted molar refractivity (Wildman–Crippen MR) is 89.1 cm³/mol. The first-order valence-electron chi connectivity index (χ1n) is 8.72. The van der Waals surface area contributed by atoms with Crippen molar-refractivity contribution in [1.29, 1.82) is 0 Å². The number of nitrogens with one attached hydrogen (secondary N) is 1. The van der Waals surface area contributed by atoms with Gasteiger partial charge in [0.2, 0.25) is 0 Å². The van der Waals surface area contributed by atoms with Crippen LogP contribution >= 0.6 is 0 Å². The number of piperidine rings is 2. The van der Waals surface area contributed by atoms with Gasteiger partial charge < -0.3 is 15.1 Å². The maximum atomic E-state index is 3.79. The van der Waals surface area contributed by atoms with Crippen LogP contribution < -0.4 is 10.2 Å². The summed E-state index contributed by atoms with van der Waals surface area (Å²) in [4.78, 5) is 5.14. The lowest BCUT2D eigenvalue weighted by atomic mass is 9.94. The number of nitrogens with zero attached hydrogens (tertiary/aromatic N) is 2. The SMILES string of the molecule is c1cc(N2CCCCC2)ccc1NC1CCN2CCC1C2. The van der Waals surface area contributed by atoms with E-state index >= 15 is 0 Å². The summed E-state index contributed by atoms with van der Waals surface area (Å²) in [5, 5.41) is 3.79. The van der Waals surface area contributed by atoms with Crippen LogP contribution in [0.25, 0.3) is 0 Å². The van der Waals surface area contributed by atoms with Crippen molar-refractivity contribution < 1.29 is 0 Å². The molecule has 3 unspecified atom stereocenters. The second-order valence-electron chi connectivity index (χ2n) is 6.98. The van der Waals surface area contributed by atoms with Gasteiger partial charge in [0, 0.05) is 43.6 Å². The van der Waals surface area contributed by atoms with Gasteiger partial charge in [-0.3, -0.25) is 0 Å². The molecular weight excluding hydrogens is 258 g/mol. The molecule has 0 aromatic heterocycles. The first-order chi connectivity index (χ1) is 10.4. The van der Waals surface area contributed by atoms with Crippen LogP contribution in [0.15, 0.2) is 24.3 Å². The van der Waals surface area contributed by atoms with Gasteiger partial charge in [-0.15, -0.1) is 0 Å².